The average molecular weight is 295 g/mol. The number of aromatic nitrogens is 3. The van der Waals surface area contributed by atoms with Gasteiger partial charge in [0.15, 0.2) is 5.65 Å². The molecule has 3 aromatic rings. The smallest absolute Gasteiger partial charge is 0.165 e. The van der Waals surface area contributed by atoms with Gasteiger partial charge in [-0.05, 0) is 23.8 Å². The fourth-order valence-electron chi connectivity index (χ4n) is 2.57. The minimum atomic E-state index is 0.649. The van der Waals surface area contributed by atoms with Gasteiger partial charge in [0.1, 0.15) is 18.2 Å². The maximum absolute atomic E-state index is 5.79. The third-order valence-corrected chi connectivity index (χ3v) is 3.67. The van der Waals surface area contributed by atoms with Gasteiger partial charge in [-0.25, -0.2) is 9.50 Å². The Bertz CT molecular complexity index is 798. The Labute approximate surface area is 128 Å². The van der Waals surface area contributed by atoms with E-state index in [1.54, 1.807) is 4.52 Å². The van der Waals surface area contributed by atoms with Crippen LogP contribution >= 0.6 is 0 Å². The first kappa shape index (κ1) is 13.1. The van der Waals surface area contributed by atoms with Crippen LogP contribution in [0.2, 0.25) is 0 Å². The summed E-state index contributed by atoms with van der Waals surface area (Å²) < 4.78 is 7.58. The molecule has 0 saturated carbocycles. The molecule has 112 valence electrons. The first-order valence-corrected chi connectivity index (χ1v) is 7.42. The van der Waals surface area contributed by atoms with Crippen molar-refractivity contribution in [1.29, 1.82) is 0 Å². The molecule has 2 N–H and O–H groups in total. The fourth-order valence-corrected chi connectivity index (χ4v) is 2.57. The molecule has 6 heteroatoms. The van der Waals surface area contributed by atoms with E-state index in [2.05, 4.69) is 26.8 Å². The van der Waals surface area contributed by atoms with Crippen LogP contribution in [0.5, 0.6) is 5.75 Å². The Kier molecular flexibility index (Phi) is 3.36. The molecule has 6 nitrogen and oxygen atoms in total. The van der Waals surface area contributed by atoms with E-state index in [1.165, 1.54) is 0 Å². The Hall–Kier alpha value is -2.60. The maximum atomic E-state index is 5.79. The van der Waals surface area contributed by atoms with Crippen LogP contribution in [0.25, 0.3) is 16.8 Å². The van der Waals surface area contributed by atoms with Crippen LogP contribution in [0.3, 0.4) is 0 Å². The van der Waals surface area contributed by atoms with Gasteiger partial charge >= 0.3 is 0 Å². The topological polar surface area (TPSA) is 63.5 Å². The number of fused-ring (bicyclic) bond motifs is 4. The van der Waals surface area contributed by atoms with Crippen molar-refractivity contribution in [2.75, 3.05) is 31.6 Å². The minimum Gasteiger partial charge on any atom is -0.492 e. The summed E-state index contributed by atoms with van der Waals surface area (Å²) in [6, 6.07) is 9.99. The van der Waals surface area contributed by atoms with Crippen molar-refractivity contribution < 1.29 is 4.74 Å². The molecule has 3 heterocycles. The molecule has 0 amide bonds. The van der Waals surface area contributed by atoms with Crippen LogP contribution in [0.15, 0.2) is 42.7 Å². The van der Waals surface area contributed by atoms with Crippen LogP contribution in [-0.2, 0) is 0 Å². The summed E-state index contributed by atoms with van der Waals surface area (Å²) in [5.41, 5.74) is 2.90. The van der Waals surface area contributed by atoms with E-state index in [0.29, 0.717) is 6.61 Å². The second-order valence-corrected chi connectivity index (χ2v) is 5.19. The predicted octanol–water partition coefficient (Wildman–Crippen LogP) is 1.79. The summed E-state index contributed by atoms with van der Waals surface area (Å²) in [6.07, 6.45) is 3.77. The number of ether oxygens (including phenoxy) is 1. The van der Waals surface area contributed by atoms with Gasteiger partial charge in [-0.1, -0.05) is 12.1 Å². The molecule has 1 aliphatic rings. The third-order valence-electron chi connectivity index (χ3n) is 3.67. The standard InChI is InChI=1S/C16H17N5O/c1-2-12-10-13(3-1)22-9-7-17-5-6-18-15-4-8-21-16(20-15)14(12)11-19-21/h1-4,8,10-11,17H,5-7,9H2,(H,18,20). The summed E-state index contributed by atoms with van der Waals surface area (Å²) in [5, 5.41) is 11.0. The Balaban J connectivity index is 1.83. The van der Waals surface area contributed by atoms with Gasteiger partial charge in [-0.2, -0.15) is 5.10 Å². The minimum absolute atomic E-state index is 0.649. The van der Waals surface area contributed by atoms with Crippen molar-refractivity contribution in [2.45, 2.75) is 0 Å². The van der Waals surface area contributed by atoms with Crippen molar-refractivity contribution in [2.24, 2.45) is 0 Å². The van der Waals surface area contributed by atoms with Gasteiger partial charge in [-0.3, -0.25) is 0 Å². The molecule has 22 heavy (non-hydrogen) atoms. The molecule has 0 atom stereocenters. The van der Waals surface area contributed by atoms with Crippen LogP contribution in [-0.4, -0.2) is 40.8 Å². The van der Waals surface area contributed by atoms with Gasteiger partial charge in [0, 0.05) is 31.4 Å². The number of benzene rings is 1. The second kappa shape index (κ2) is 5.65. The summed E-state index contributed by atoms with van der Waals surface area (Å²) >= 11 is 0. The number of anilines is 1. The Morgan fingerprint density at radius 1 is 1.14 bits per heavy atom. The van der Waals surface area contributed by atoms with Crippen molar-refractivity contribution in [1.82, 2.24) is 19.9 Å². The van der Waals surface area contributed by atoms with Crippen molar-refractivity contribution in [3.05, 3.63) is 42.7 Å². The highest BCUT2D eigenvalue weighted by atomic mass is 16.5. The van der Waals surface area contributed by atoms with Crippen molar-refractivity contribution >= 4 is 11.5 Å². The Morgan fingerprint density at radius 3 is 3.14 bits per heavy atom. The van der Waals surface area contributed by atoms with Gasteiger partial charge in [0.05, 0.1) is 6.20 Å². The van der Waals surface area contributed by atoms with Gasteiger partial charge in [0.25, 0.3) is 0 Å². The molecule has 0 saturated heterocycles. The zero-order valence-corrected chi connectivity index (χ0v) is 12.1. The van der Waals surface area contributed by atoms with E-state index in [-0.39, 0.29) is 0 Å². The SMILES string of the molecule is c1cc2cc(c1)-c1cnn3ccc(nc13)NCCNCCO2. The molecule has 2 aromatic heterocycles. The van der Waals surface area contributed by atoms with E-state index in [4.69, 9.17) is 4.74 Å². The summed E-state index contributed by atoms with van der Waals surface area (Å²) in [6.45, 7) is 3.15. The molecular formula is C16H17N5O. The molecule has 4 bridgehead atoms. The van der Waals surface area contributed by atoms with E-state index in [0.717, 1.165) is 48.0 Å². The molecule has 4 rings (SSSR count). The summed E-state index contributed by atoms with van der Waals surface area (Å²) in [4.78, 5) is 4.68. The zero-order valence-electron chi connectivity index (χ0n) is 12.1. The van der Waals surface area contributed by atoms with Gasteiger partial charge < -0.3 is 15.4 Å². The average Bonchev–Trinajstić information content (AvgIpc) is 2.97. The summed E-state index contributed by atoms with van der Waals surface area (Å²) in [7, 11) is 0. The van der Waals surface area contributed by atoms with E-state index in [1.807, 2.05) is 36.7 Å². The van der Waals surface area contributed by atoms with Crippen LogP contribution in [0.1, 0.15) is 0 Å². The molecular weight excluding hydrogens is 278 g/mol. The van der Waals surface area contributed by atoms with Crippen molar-refractivity contribution in [3.8, 4) is 16.9 Å². The van der Waals surface area contributed by atoms with Gasteiger partial charge in [-0.15, -0.1) is 0 Å². The van der Waals surface area contributed by atoms with Crippen LogP contribution < -0.4 is 15.4 Å². The molecule has 0 spiro atoms. The largest absolute Gasteiger partial charge is 0.492 e. The first-order chi connectivity index (χ1) is 10.9. The number of nitrogens with one attached hydrogen (secondary N) is 2. The second-order valence-electron chi connectivity index (χ2n) is 5.19. The van der Waals surface area contributed by atoms with Crippen LogP contribution in [0, 0.1) is 0 Å². The monoisotopic (exact) mass is 295 g/mol. The first-order valence-electron chi connectivity index (χ1n) is 7.42. The lowest BCUT2D eigenvalue weighted by molar-refractivity contribution is 0.315. The number of nitrogens with zero attached hydrogens (tertiary/aromatic N) is 3. The highest BCUT2D eigenvalue weighted by molar-refractivity contribution is 5.78. The van der Waals surface area contributed by atoms with Crippen molar-refractivity contribution in [3.63, 3.8) is 0 Å². The maximum Gasteiger partial charge on any atom is 0.165 e. The van der Waals surface area contributed by atoms with Crippen LogP contribution in [0.4, 0.5) is 5.82 Å². The predicted molar refractivity (Wildman–Crippen MR) is 85.3 cm³/mol. The zero-order chi connectivity index (χ0) is 14.8. The molecule has 0 radical (unpaired) electrons. The molecule has 1 aromatic carbocycles. The van der Waals surface area contributed by atoms with E-state index < -0.39 is 0 Å². The number of hydrogen-bond donors (Lipinski definition) is 2. The third kappa shape index (κ3) is 2.48. The lowest BCUT2D eigenvalue weighted by Crippen LogP contribution is -2.26. The lowest BCUT2D eigenvalue weighted by atomic mass is 10.1. The quantitative estimate of drug-likeness (QED) is 0.662. The summed E-state index contributed by atoms with van der Waals surface area (Å²) in [5.74, 6) is 1.73. The number of rotatable bonds is 0. The number of hydrogen-bond acceptors (Lipinski definition) is 5. The molecule has 0 aliphatic carbocycles. The normalized spacial score (nSPS) is 15.1. The molecule has 0 fully saturated rings. The lowest BCUT2D eigenvalue weighted by Gasteiger charge is -2.11. The molecule has 0 unspecified atom stereocenters. The Morgan fingerprint density at radius 2 is 2.14 bits per heavy atom. The van der Waals surface area contributed by atoms with Gasteiger partial charge in [0.2, 0.25) is 0 Å². The van der Waals surface area contributed by atoms with E-state index >= 15 is 0 Å². The van der Waals surface area contributed by atoms with E-state index in [9.17, 15) is 0 Å². The molecule has 1 aliphatic heterocycles. The fraction of sp³-hybridized carbons (Fsp3) is 0.250. The highest BCUT2D eigenvalue weighted by Crippen LogP contribution is 2.27. The highest BCUT2D eigenvalue weighted by Gasteiger charge is 2.10.